The third-order valence-corrected chi connectivity index (χ3v) is 3.54. The number of benzene rings is 2. The number of nitrogens with two attached hydrogens (primary N) is 1. The van der Waals surface area contributed by atoms with Crippen molar-refractivity contribution in [3.63, 3.8) is 0 Å². The van der Waals surface area contributed by atoms with Crippen LogP contribution in [0.5, 0.6) is 0 Å². The van der Waals surface area contributed by atoms with Crippen LogP contribution in [0, 0.1) is 11.3 Å². The Bertz CT molecular complexity index is 814. The molecule has 0 saturated heterocycles. The summed E-state index contributed by atoms with van der Waals surface area (Å²) in [4.78, 5) is 0. The van der Waals surface area contributed by atoms with Crippen LogP contribution < -0.4 is 5.73 Å². The van der Waals surface area contributed by atoms with Gasteiger partial charge in [-0.2, -0.15) is 5.26 Å². The minimum atomic E-state index is 0. The molecule has 0 bridgehead atoms. The highest BCUT2D eigenvalue weighted by molar-refractivity contribution is 6.30. The van der Waals surface area contributed by atoms with Crippen LogP contribution in [0.25, 0.3) is 10.9 Å². The molecule has 0 atom stereocenters. The Kier molecular flexibility index (Phi) is 4.42. The van der Waals surface area contributed by atoms with Crippen LogP contribution in [-0.2, 0) is 6.54 Å². The van der Waals surface area contributed by atoms with E-state index in [1.165, 1.54) is 0 Å². The van der Waals surface area contributed by atoms with Crippen LogP contribution >= 0.6 is 24.0 Å². The monoisotopic (exact) mass is 317 g/mol. The summed E-state index contributed by atoms with van der Waals surface area (Å²) in [7, 11) is 0. The zero-order valence-electron chi connectivity index (χ0n) is 11.1. The lowest BCUT2D eigenvalue weighted by atomic mass is 10.2. The van der Waals surface area contributed by atoms with Crippen LogP contribution in [0.2, 0.25) is 5.02 Å². The van der Waals surface area contributed by atoms with Crippen LogP contribution in [0.4, 0.5) is 5.69 Å². The number of rotatable bonds is 2. The molecule has 1 aromatic heterocycles. The number of hydrogen-bond donors (Lipinski definition) is 1. The maximum atomic E-state index is 9.22. The van der Waals surface area contributed by atoms with Crippen LogP contribution in [0.3, 0.4) is 0 Å². The molecule has 3 aromatic rings. The predicted molar refractivity (Wildman–Crippen MR) is 88.9 cm³/mol. The third-order valence-electron chi connectivity index (χ3n) is 3.29. The van der Waals surface area contributed by atoms with Crippen LogP contribution in [0.1, 0.15) is 11.1 Å². The average Bonchev–Trinajstić information content (AvgIpc) is 2.78. The molecule has 0 aliphatic rings. The van der Waals surface area contributed by atoms with Gasteiger partial charge in [0.25, 0.3) is 0 Å². The highest BCUT2D eigenvalue weighted by Gasteiger charge is 2.08. The lowest BCUT2D eigenvalue weighted by Crippen LogP contribution is -1.97. The van der Waals surface area contributed by atoms with Gasteiger partial charge in [-0.15, -0.1) is 12.4 Å². The number of fused-ring (bicyclic) bond motifs is 1. The summed E-state index contributed by atoms with van der Waals surface area (Å²) in [5.74, 6) is 0. The molecule has 0 spiro atoms. The largest absolute Gasteiger partial charge is 0.399 e. The Morgan fingerprint density at radius 2 is 1.86 bits per heavy atom. The van der Waals surface area contributed by atoms with Gasteiger partial charge in [0.1, 0.15) is 6.07 Å². The standard InChI is InChI=1S/C16H12ClN3.ClH/c17-13-3-1-11(2-4-13)9-20-10-12(8-18)15-7-14(19)5-6-16(15)20;/h1-7,10H,9,19H2;1H. The minimum Gasteiger partial charge on any atom is -0.399 e. The molecule has 0 amide bonds. The van der Waals surface area contributed by atoms with E-state index >= 15 is 0 Å². The highest BCUT2D eigenvalue weighted by Crippen LogP contribution is 2.24. The second-order valence-electron chi connectivity index (χ2n) is 4.69. The van der Waals surface area contributed by atoms with E-state index in [1.54, 1.807) is 0 Å². The van der Waals surface area contributed by atoms with Crippen molar-refractivity contribution in [2.45, 2.75) is 6.54 Å². The van der Waals surface area contributed by atoms with Crippen molar-refractivity contribution in [1.29, 1.82) is 5.26 Å². The Morgan fingerprint density at radius 1 is 1.14 bits per heavy atom. The summed E-state index contributed by atoms with van der Waals surface area (Å²) >= 11 is 5.89. The molecule has 106 valence electrons. The van der Waals surface area contributed by atoms with Gasteiger partial charge in [-0.05, 0) is 35.9 Å². The Morgan fingerprint density at radius 3 is 2.52 bits per heavy atom. The topological polar surface area (TPSA) is 54.7 Å². The van der Waals surface area contributed by atoms with Gasteiger partial charge in [-0.25, -0.2) is 0 Å². The van der Waals surface area contributed by atoms with Crippen molar-refractivity contribution in [2.24, 2.45) is 0 Å². The highest BCUT2D eigenvalue weighted by atomic mass is 35.5. The molecule has 5 heteroatoms. The fourth-order valence-electron chi connectivity index (χ4n) is 2.32. The van der Waals surface area contributed by atoms with Crippen LogP contribution in [0.15, 0.2) is 48.7 Å². The van der Waals surface area contributed by atoms with Crippen molar-refractivity contribution >= 4 is 40.6 Å². The Hall–Kier alpha value is -2.15. The van der Waals surface area contributed by atoms with Gasteiger partial charge in [0.2, 0.25) is 0 Å². The second kappa shape index (κ2) is 6.09. The normalized spacial score (nSPS) is 10.1. The molecule has 0 aliphatic carbocycles. The lowest BCUT2D eigenvalue weighted by Gasteiger charge is -2.06. The first-order chi connectivity index (χ1) is 9.67. The van der Waals surface area contributed by atoms with Crippen LogP contribution in [-0.4, -0.2) is 4.57 Å². The molecule has 0 aliphatic heterocycles. The maximum absolute atomic E-state index is 9.22. The molecule has 0 saturated carbocycles. The molecule has 0 radical (unpaired) electrons. The molecule has 21 heavy (non-hydrogen) atoms. The maximum Gasteiger partial charge on any atom is 0.101 e. The van der Waals surface area contributed by atoms with E-state index < -0.39 is 0 Å². The van der Waals surface area contributed by atoms with Gasteiger partial charge in [0.05, 0.1) is 5.56 Å². The summed E-state index contributed by atoms with van der Waals surface area (Å²) in [5.41, 5.74) is 9.24. The molecule has 3 nitrogen and oxygen atoms in total. The van der Waals surface area contributed by atoms with Gasteiger partial charge in [0.15, 0.2) is 0 Å². The zero-order chi connectivity index (χ0) is 14.1. The molecular weight excluding hydrogens is 305 g/mol. The fourth-order valence-corrected chi connectivity index (χ4v) is 2.45. The first kappa shape index (κ1) is 15.2. The lowest BCUT2D eigenvalue weighted by molar-refractivity contribution is 0.836. The molecule has 2 N–H and O–H groups in total. The summed E-state index contributed by atoms with van der Waals surface area (Å²) in [5, 5.41) is 10.8. The summed E-state index contributed by atoms with van der Waals surface area (Å²) in [6.45, 7) is 0.694. The van der Waals surface area contributed by atoms with Gasteiger partial charge in [-0.3, -0.25) is 0 Å². The fraction of sp³-hybridized carbons (Fsp3) is 0.0625. The minimum absolute atomic E-state index is 0. The molecule has 1 heterocycles. The number of aromatic nitrogens is 1. The first-order valence-electron chi connectivity index (χ1n) is 6.20. The smallest absolute Gasteiger partial charge is 0.101 e. The van der Waals surface area contributed by atoms with Crippen molar-refractivity contribution in [3.05, 3.63) is 64.8 Å². The first-order valence-corrected chi connectivity index (χ1v) is 6.58. The van der Waals surface area contributed by atoms with Crippen molar-refractivity contribution in [2.75, 3.05) is 5.73 Å². The number of nitrogen functional groups attached to an aromatic ring is 1. The van der Waals surface area contributed by atoms with E-state index in [0.717, 1.165) is 21.5 Å². The summed E-state index contributed by atoms with van der Waals surface area (Å²) in [6.07, 6.45) is 1.86. The van der Waals surface area contributed by atoms with Gasteiger partial charge in [0, 0.05) is 34.4 Å². The molecular formula is C16H13Cl2N3. The number of anilines is 1. The third kappa shape index (κ3) is 2.97. The number of halogens is 2. The predicted octanol–water partition coefficient (Wildman–Crippen LogP) is 4.22. The molecule has 0 fully saturated rings. The number of nitrogens with zero attached hydrogens (tertiary/aromatic N) is 2. The quantitative estimate of drug-likeness (QED) is 0.719. The van der Waals surface area contributed by atoms with Gasteiger partial charge < -0.3 is 10.3 Å². The second-order valence-corrected chi connectivity index (χ2v) is 5.12. The SMILES string of the molecule is Cl.N#Cc1cn(Cc2ccc(Cl)cc2)c2ccc(N)cc12. The number of hydrogen-bond acceptors (Lipinski definition) is 2. The van der Waals surface area contributed by atoms with E-state index in [-0.39, 0.29) is 12.4 Å². The van der Waals surface area contributed by atoms with Gasteiger partial charge >= 0.3 is 0 Å². The molecule has 2 aromatic carbocycles. The van der Waals surface area contributed by atoms with E-state index in [0.29, 0.717) is 17.8 Å². The molecule has 3 rings (SSSR count). The van der Waals surface area contributed by atoms with E-state index in [9.17, 15) is 5.26 Å². The summed E-state index contributed by atoms with van der Waals surface area (Å²) < 4.78 is 2.05. The van der Waals surface area contributed by atoms with Crippen molar-refractivity contribution in [3.8, 4) is 6.07 Å². The van der Waals surface area contributed by atoms with Crippen molar-refractivity contribution in [1.82, 2.24) is 4.57 Å². The Balaban J connectivity index is 0.00000161. The number of nitriles is 1. The van der Waals surface area contributed by atoms with E-state index in [2.05, 4.69) is 10.6 Å². The average molecular weight is 318 g/mol. The van der Waals surface area contributed by atoms with Gasteiger partial charge in [-0.1, -0.05) is 23.7 Å². The molecule has 0 unspecified atom stereocenters. The van der Waals surface area contributed by atoms with E-state index in [4.69, 9.17) is 17.3 Å². The van der Waals surface area contributed by atoms with Crippen molar-refractivity contribution < 1.29 is 0 Å². The van der Waals surface area contributed by atoms with E-state index in [1.807, 2.05) is 48.7 Å². The summed E-state index contributed by atoms with van der Waals surface area (Å²) in [6, 6.07) is 15.6. The zero-order valence-corrected chi connectivity index (χ0v) is 12.7. The Labute approximate surface area is 134 Å².